The van der Waals surface area contributed by atoms with Crippen molar-refractivity contribution in [2.24, 2.45) is 5.92 Å². The highest BCUT2D eigenvalue weighted by Crippen LogP contribution is 2.23. The topological polar surface area (TPSA) is 46.5 Å². The molecule has 0 rings (SSSR count). The molecule has 0 aromatic heterocycles. The van der Waals surface area contributed by atoms with Crippen LogP contribution in [0.4, 0.5) is 0 Å². The van der Waals surface area contributed by atoms with Gasteiger partial charge in [0.15, 0.2) is 0 Å². The van der Waals surface area contributed by atoms with E-state index in [9.17, 15) is 4.79 Å². The molecule has 0 aliphatic rings. The Bertz CT molecular complexity index is 948. The number of aliphatic hydroxyl groups is 1. The molecule has 1 atom stereocenters. The van der Waals surface area contributed by atoms with Gasteiger partial charge in [-0.3, -0.25) is 4.79 Å². The van der Waals surface area contributed by atoms with Gasteiger partial charge in [0.2, 0.25) is 0 Å². The van der Waals surface area contributed by atoms with Gasteiger partial charge in [-0.1, -0.05) is 413 Å². The van der Waals surface area contributed by atoms with Crippen LogP contribution in [0.2, 0.25) is 0 Å². The highest BCUT2D eigenvalue weighted by Gasteiger charge is 2.19. The molecule has 0 aromatic rings. The number of hydrogen-bond acceptors (Lipinski definition) is 3. The van der Waals surface area contributed by atoms with E-state index >= 15 is 0 Å². The van der Waals surface area contributed by atoms with Gasteiger partial charge in [0.1, 0.15) is 0 Å². The van der Waals surface area contributed by atoms with Crippen molar-refractivity contribution in [1.29, 1.82) is 0 Å². The Balaban J connectivity index is 0. The van der Waals surface area contributed by atoms with Crippen LogP contribution >= 0.6 is 0 Å². The van der Waals surface area contributed by atoms with Crippen molar-refractivity contribution < 1.29 is 14.6 Å². The van der Waals surface area contributed by atoms with Crippen molar-refractivity contribution in [1.82, 2.24) is 0 Å². The van der Waals surface area contributed by atoms with Crippen molar-refractivity contribution in [3.05, 3.63) is 0 Å². The van der Waals surface area contributed by atoms with Crippen molar-refractivity contribution >= 4 is 5.97 Å². The van der Waals surface area contributed by atoms with E-state index in [0.29, 0.717) is 13.2 Å². The highest BCUT2D eigenvalue weighted by molar-refractivity contribution is 5.72. The van der Waals surface area contributed by atoms with Gasteiger partial charge in [0, 0.05) is 6.61 Å². The molecule has 0 fully saturated rings. The predicted octanol–water partition coefficient (Wildman–Crippen LogP) is 26.2. The molecular weight excluding hydrogens is 913 g/mol. The van der Waals surface area contributed by atoms with Gasteiger partial charge in [-0.05, 0) is 25.7 Å². The molecule has 0 saturated carbocycles. The average Bonchev–Trinajstić information content (AvgIpc) is 3.42. The Morgan fingerprint density at radius 1 is 0.240 bits per heavy atom. The molecule has 0 bridgehead atoms. The van der Waals surface area contributed by atoms with Gasteiger partial charge in [-0.25, -0.2) is 0 Å². The molecule has 1 N–H and O–H groups in total. The van der Waals surface area contributed by atoms with Crippen LogP contribution in [0, 0.1) is 5.92 Å². The van der Waals surface area contributed by atoms with Crippen LogP contribution < -0.4 is 0 Å². The minimum absolute atomic E-state index is 0.126. The number of hydrogen-bond donors (Lipinski definition) is 1. The molecule has 0 saturated heterocycles. The molecule has 0 heterocycles. The molecule has 3 heteroatoms. The van der Waals surface area contributed by atoms with Gasteiger partial charge in [-0.2, -0.15) is 0 Å². The summed E-state index contributed by atoms with van der Waals surface area (Å²) in [5.74, 6) is 0.265. The zero-order chi connectivity index (χ0) is 54.5. The number of carbonyl (C=O) groups is 1. The fraction of sp³-hybridized carbons (Fsp3) is 0.986. The molecule has 1 unspecified atom stereocenters. The number of carbonyl (C=O) groups excluding carboxylic acids is 1. The lowest BCUT2D eigenvalue weighted by molar-refractivity contribution is -0.149. The maximum atomic E-state index is 13.2. The largest absolute Gasteiger partial charge is 0.465 e. The zero-order valence-corrected chi connectivity index (χ0v) is 53.0. The van der Waals surface area contributed by atoms with Gasteiger partial charge >= 0.3 is 5.97 Å². The summed E-state index contributed by atoms with van der Waals surface area (Å²) in [6.07, 6.45) is 88.2. The first-order valence-electron chi connectivity index (χ1n) is 35.9. The molecule has 0 amide bonds. The Labute approximate surface area is 476 Å². The second kappa shape index (κ2) is 73.4. The van der Waals surface area contributed by atoms with Crippen LogP contribution in [-0.4, -0.2) is 24.3 Å². The summed E-state index contributed by atoms with van der Waals surface area (Å²) >= 11 is 0. The van der Waals surface area contributed by atoms with E-state index in [4.69, 9.17) is 9.84 Å². The Morgan fingerprint density at radius 3 is 0.587 bits per heavy atom. The fourth-order valence-corrected chi connectivity index (χ4v) is 11.5. The van der Waals surface area contributed by atoms with Gasteiger partial charge in [-0.15, -0.1) is 0 Å². The maximum Gasteiger partial charge on any atom is 0.308 e. The molecule has 0 spiro atoms. The first-order valence-corrected chi connectivity index (χ1v) is 35.9. The van der Waals surface area contributed by atoms with Crippen molar-refractivity contribution in [3.63, 3.8) is 0 Å². The molecule has 75 heavy (non-hydrogen) atoms. The average molecular weight is 1060 g/mol. The second-order valence-corrected chi connectivity index (χ2v) is 24.7. The SMILES string of the molecule is CCCCCCCCCCCCCCCCCCO.CCCCCCCCCCCCCCCCCCOC(=O)C(CCCCCCCCCCCCCCCC)CCCCCCCCCCCCCCCCCC. The minimum atomic E-state index is 0.126. The molecular formula is C72H146O3. The number of esters is 1. The molecule has 452 valence electrons. The lowest BCUT2D eigenvalue weighted by atomic mass is 9.94. The molecule has 3 nitrogen and oxygen atoms in total. The molecule has 0 aromatic carbocycles. The van der Waals surface area contributed by atoms with Crippen LogP contribution in [0.5, 0.6) is 0 Å². The van der Waals surface area contributed by atoms with E-state index in [1.165, 1.54) is 385 Å². The summed E-state index contributed by atoms with van der Waals surface area (Å²) in [5.41, 5.74) is 0. The van der Waals surface area contributed by atoms with E-state index in [2.05, 4.69) is 27.7 Å². The van der Waals surface area contributed by atoms with Crippen molar-refractivity contribution in [2.45, 2.75) is 439 Å². The van der Waals surface area contributed by atoms with Gasteiger partial charge in [0.05, 0.1) is 12.5 Å². The van der Waals surface area contributed by atoms with Crippen molar-refractivity contribution in [2.75, 3.05) is 13.2 Å². The third-order valence-electron chi connectivity index (χ3n) is 16.9. The summed E-state index contributed by atoms with van der Waals surface area (Å²) in [7, 11) is 0. The smallest absolute Gasteiger partial charge is 0.308 e. The first-order chi connectivity index (χ1) is 37.2. The summed E-state index contributed by atoms with van der Waals surface area (Å²) in [4.78, 5) is 13.2. The summed E-state index contributed by atoms with van der Waals surface area (Å²) in [6.45, 7) is 10.2. The standard InChI is InChI=1S/C54H108O2.C18H38O/c1-4-7-10-13-16-19-22-25-28-30-33-36-39-42-45-48-51-53(50-47-44-41-38-35-32-27-24-21-18-15-12-9-6-3)54(55)56-52-49-46-43-40-37-34-31-29-26-23-20-17-14-11-8-5-2;1-2-3-4-5-6-7-8-9-10-11-12-13-14-15-16-17-18-19/h53H,4-52H2,1-3H3;19H,2-18H2,1H3. The van der Waals surface area contributed by atoms with Crippen LogP contribution in [-0.2, 0) is 9.53 Å². The number of unbranched alkanes of at least 4 members (excludes halogenated alkanes) is 58. The van der Waals surface area contributed by atoms with Crippen LogP contribution in [0.1, 0.15) is 439 Å². The number of aliphatic hydroxyl groups excluding tert-OH is 1. The predicted molar refractivity (Wildman–Crippen MR) is 340 cm³/mol. The summed E-state index contributed by atoms with van der Waals surface area (Å²) < 4.78 is 5.93. The molecule has 0 aliphatic heterocycles. The monoisotopic (exact) mass is 1060 g/mol. The summed E-state index contributed by atoms with van der Waals surface area (Å²) in [6, 6.07) is 0. The van der Waals surface area contributed by atoms with E-state index in [-0.39, 0.29) is 11.9 Å². The summed E-state index contributed by atoms with van der Waals surface area (Å²) in [5, 5.41) is 8.67. The van der Waals surface area contributed by atoms with Gasteiger partial charge < -0.3 is 9.84 Å². The third kappa shape index (κ3) is 71.4. The van der Waals surface area contributed by atoms with E-state index in [0.717, 1.165) is 25.7 Å². The quantitative estimate of drug-likeness (QED) is 0.0488. The molecule has 0 radical (unpaired) electrons. The normalized spacial score (nSPS) is 11.9. The Kier molecular flexibility index (Phi) is 74.9. The number of rotatable bonds is 66. The van der Waals surface area contributed by atoms with Crippen LogP contribution in [0.25, 0.3) is 0 Å². The van der Waals surface area contributed by atoms with E-state index < -0.39 is 0 Å². The Hall–Kier alpha value is -0.570. The van der Waals surface area contributed by atoms with Crippen LogP contribution in [0.3, 0.4) is 0 Å². The molecule has 0 aliphatic carbocycles. The lowest BCUT2D eigenvalue weighted by Crippen LogP contribution is -2.18. The van der Waals surface area contributed by atoms with E-state index in [1.54, 1.807) is 0 Å². The van der Waals surface area contributed by atoms with E-state index in [1.807, 2.05) is 0 Å². The Morgan fingerprint density at radius 2 is 0.400 bits per heavy atom. The third-order valence-corrected chi connectivity index (χ3v) is 16.9. The first kappa shape index (κ1) is 76.5. The van der Waals surface area contributed by atoms with Crippen molar-refractivity contribution in [3.8, 4) is 0 Å². The number of ether oxygens (including phenoxy) is 1. The maximum absolute atomic E-state index is 13.2. The van der Waals surface area contributed by atoms with Gasteiger partial charge in [0.25, 0.3) is 0 Å². The second-order valence-electron chi connectivity index (χ2n) is 24.7. The lowest BCUT2D eigenvalue weighted by Gasteiger charge is -2.16. The fourth-order valence-electron chi connectivity index (χ4n) is 11.5. The van der Waals surface area contributed by atoms with Crippen LogP contribution in [0.15, 0.2) is 0 Å². The minimum Gasteiger partial charge on any atom is -0.465 e. The zero-order valence-electron chi connectivity index (χ0n) is 53.0. The highest BCUT2D eigenvalue weighted by atomic mass is 16.5.